The van der Waals surface area contributed by atoms with E-state index in [0.29, 0.717) is 12.2 Å². The van der Waals surface area contributed by atoms with Crippen LogP contribution < -0.4 is 10.2 Å². The number of piperazine rings is 1. The van der Waals surface area contributed by atoms with Crippen molar-refractivity contribution in [2.24, 2.45) is 0 Å². The van der Waals surface area contributed by atoms with Crippen LogP contribution in [0.15, 0.2) is 48.5 Å². The zero-order valence-electron chi connectivity index (χ0n) is 13.8. The first-order chi connectivity index (χ1) is 11.6. The third kappa shape index (κ3) is 4.11. The van der Waals surface area contributed by atoms with Gasteiger partial charge in [-0.25, -0.2) is 4.39 Å². The highest BCUT2D eigenvalue weighted by atomic mass is 19.1. The van der Waals surface area contributed by atoms with Crippen LogP contribution in [0, 0.1) is 12.7 Å². The van der Waals surface area contributed by atoms with Gasteiger partial charge in [0.2, 0.25) is 5.91 Å². The van der Waals surface area contributed by atoms with E-state index in [0.717, 1.165) is 26.2 Å². The number of rotatable bonds is 4. The summed E-state index contributed by atoms with van der Waals surface area (Å²) in [4.78, 5) is 16.6. The van der Waals surface area contributed by atoms with E-state index in [2.05, 4.69) is 40.2 Å². The molecule has 1 aliphatic rings. The fourth-order valence-electron chi connectivity index (χ4n) is 3.03. The van der Waals surface area contributed by atoms with Gasteiger partial charge in [-0.05, 0) is 36.8 Å². The van der Waals surface area contributed by atoms with E-state index >= 15 is 0 Å². The Labute approximate surface area is 141 Å². The molecule has 1 heterocycles. The summed E-state index contributed by atoms with van der Waals surface area (Å²) in [6.45, 7) is 5.93. The molecule has 0 aliphatic carbocycles. The van der Waals surface area contributed by atoms with Crippen molar-refractivity contribution in [3.63, 3.8) is 0 Å². The van der Waals surface area contributed by atoms with E-state index in [4.69, 9.17) is 0 Å². The lowest BCUT2D eigenvalue weighted by atomic mass is 10.1. The molecule has 0 spiro atoms. The van der Waals surface area contributed by atoms with E-state index < -0.39 is 0 Å². The van der Waals surface area contributed by atoms with Crippen LogP contribution in [-0.4, -0.2) is 43.5 Å². The number of anilines is 2. The van der Waals surface area contributed by atoms with Crippen molar-refractivity contribution in [1.29, 1.82) is 0 Å². The number of carbonyl (C=O) groups excluding carboxylic acids is 1. The molecular formula is C19H22FN3O. The molecule has 0 aromatic heterocycles. The quantitative estimate of drug-likeness (QED) is 0.938. The monoisotopic (exact) mass is 327 g/mol. The number of nitrogens with zero attached hydrogens (tertiary/aromatic N) is 2. The average molecular weight is 327 g/mol. The summed E-state index contributed by atoms with van der Waals surface area (Å²) < 4.78 is 13.1. The van der Waals surface area contributed by atoms with Gasteiger partial charge in [-0.2, -0.15) is 0 Å². The maximum Gasteiger partial charge on any atom is 0.238 e. The van der Waals surface area contributed by atoms with Crippen molar-refractivity contribution >= 4 is 17.3 Å². The summed E-state index contributed by atoms with van der Waals surface area (Å²) in [6, 6.07) is 14.3. The maximum atomic E-state index is 13.1. The molecular weight excluding hydrogens is 305 g/mol. The highest BCUT2D eigenvalue weighted by Crippen LogP contribution is 2.20. The lowest BCUT2D eigenvalue weighted by Gasteiger charge is -2.36. The lowest BCUT2D eigenvalue weighted by molar-refractivity contribution is -0.117. The Morgan fingerprint density at radius 2 is 1.83 bits per heavy atom. The van der Waals surface area contributed by atoms with Crippen LogP contribution in [0.3, 0.4) is 0 Å². The van der Waals surface area contributed by atoms with Gasteiger partial charge in [-0.3, -0.25) is 9.69 Å². The van der Waals surface area contributed by atoms with Crippen LogP contribution in [0.2, 0.25) is 0 Å². The Kier molecular flexibility index (Phi) is 5.11. The van der Waals surface area contributed by atoms with Crippen LogP contribution in [0.25, 0.3) is 0 Å². The second-order valence-corrected chi connectivity index (χ2v) is 6.11. The molecule has 126 valence electrons. The first kappa shape index (κ1) is 16.5. The Morgan fingerprint density at radius 1 is 1.08 bits per heavy atom. The summed E-state index contributed by atoms with van der Waals surface area (Å²) in [5.74, 6) is -0.454. The molecule has 0 radical (unpaired) electrons. The predicted molar refractivity (Wildman–Crippen MR) is 94.9 cm³/mol. The van der Waals surface area contributed by atoms with E-state index in [1.54, 1.807) is 12.1 Å². The Bertz CT molecular complexity index is 711. The maximum absolute atomic E-state index is 13.1. The van der Waals surface area contributed by atoms with Gasteiger partial charge in [-0.1, -0.05) is 24.3 Å². The lowest BCUT2D eigenvalue weighted by Crippen LogP contribution is -2.48. The molecule has 1 aliphatic heterocycles. The minimum atomic E-state index is -0.348. The molecule has 2 aromatic rings. The molecule has 0 saturated carbocycles. The summed E-state index contributed by atoms with van der Waals surface area (Å²) in [5.41, 5.74) is 3.04. The summed E-state index contributed by atoms with van der Waals surface area (Å²) in [6.07, 6.45) is 0. The highest BCUT2D eigenvalue weighted by molar-refractivity contribution is 5.92. The third-order valence-corrected chi connectivity index (χ3v) is 4.30. The normalized spacial score (nSPS) is 15.3. The van der Waals surface area contributed by atoms with Gasteiger partial charge in [0.1, 0.15) is 5.82 Å². The molecule has 1 amide bonds. The highest BCUT2D eigenvalue weighted by Gasteiger charge is 2.20. The minimum absolute atomic E-state index is 0.107. The molecule has 1 saturated heterocycles. The van der Waals surface area contributed by atoms with Crippen molar-refractivity contribution in [3.05, 3.63) is 59.9 Å². The molecule has 0 atom stereocenters. The van der Waals surface area contributed by atoms with Gasteiger partial charge in [0.05, 0.1) is 6.54 Å². The molecule has 24 heavy (non-hydrogen) atoms. The Hall–Kier alpha value is -2.40. The molecule has 4 nitrogen and oxygen atoms in total. The number of aryl methyl sites for hydroxylation is 1. The van der Waals surface area contributed by atoms with E-state index in [1.807, 2.05) is 6.07 Å². The number of halogens is 1. The number of hydrogen-bond donors (Lipinski definition) is 1. The third-order valence-electron chi connectivity index (χ3n) is 4.30. The van der Waals surface area contributed by atoms with E-state index in [1.165, 1.54) is 23.4 Å². The molecule has 1 fully saturated rings. The van der Waals surface area contributed by atoms with Crippen molar-refractivity contribution in [1.82, 2.24) is 4.90 Å². The smallest absolute Gasteiger partial charge is 0.238 e. The molecule has 3 rings (SSSR count). The molecule has 1 N–H and O–H groups in total. The van der Waals surface area contributed by atoms with Gasteiger partial charge in [0.15, 0.2) is 0 Å². The number of amides is 1. The molecule has 0 unspecified atom stereocenters. The Morgan fingerprint density at radius 3 is 2.54 bits per heavy atom. The number of para-hydroxylation sites is 1. The molecule has 2 aromatic carbocycles. The van der Waals surface area contributed by atoms with Gasteiger partial charge >= 0.3 is 0 Å². The second-order valence-electron chi connectivity index (χ2n) is 6.11. The number of nitrogens with one attached hydrogen (secondary N) is 1. The summed E-state index contributed by atoms with van der Waals surface area (Å²) in [7, 11) is 0. The van der Waals surface area contributed by atoms with Crippen molar-refractivity contribution in [2.75, 3.05) is 42.9 Å². The van der Waals surface area contributed by atoms with Crippen LogP contribution in [0.5, 0.6) is 0 Å². The predicted octanol–water partition coefficient (Wildman–Crippen LogP) is 2.89. The largest absolute Gasteiger partial charge is 0.369 e. The first-order valence-corrected chi connectivity index (χ1v) is 8.20. The van der Waals surface area contributed by atoms with E-state index in [9.17, 15) is 9.18 Å². The van der Waals surface area contributed by atoms with Gasteiger partial charge in [-0.15, -0.1) is 0 Å². The van der Waals surface area contributed by atoms with Crippen molar-refractivity contribution in [3.8, 4) is 0 Å². The van der Waals surface area contributed by atoms with Gasteiger partial charge < -0.3 is 10.2 Å². The summed E-state index contributed by atoms with van der Waals surface area (Å²) in [5, 5.41) is 2.75. The topological polar surface area (TPSA) is 35.6 Å². The number of carbonyl (C=O) groups is 1. The van der Waals surface area contributed by atoms with Crippen LogP contribution in [0.1, 0.15) is 5.56 Å². The Balaban J connectivity index is 1.50. The van der Waals surface area contributed by atoms with Crippen LogP contribution in [-0.2, 0) is 4.79 Å². The first-order valence-electron chi connectivity index (χ1n) is 8.20. The second kappa shape index (κ2) is 7.45. The molecule has 5 heteroatoms. The fourth-order valence-corrected chi connectivity index (χ4v) is 3.03. The number of hydrogen-bond acceptors (Lipinski definition) is 3. The van der Waals surface area contributed by atoms with Crippen molar-refractivity contribution in [2.45, 2.75) is 6.92 Å². The van der Waals surface area contributed by atoms with Gasteiger partial charge in [0, 0.05) is 37.6 Å². The standard InChI is InChI=1S/C19H22FN3O/c1-15-5-2-3-8-18(15)23-11-9-22(10-12-23)14-19(24)21-17-7-4-6-16(20)13-17/h2-8,13H,9-12,14H2,1H3,(H,21,24). The fraction of sp³-hybridized carbons (Fsp3) is 0.316. The summed E-state index contributed by atoms with van der Waals surface area (Å²) >= 11 is 0. The van der Waals surface area contributed by atoms with Crippen molar-refractivity contribution < 1.29 is 9.18 Å². The van der Waals surface area contributed by atoms with E-state index in [-0.39, 0.29) is 11.7 Å². The number of benzene rings is 2. The minimum Gasteiger partial charge on any atom is -0.369 e. The van der Waals surface area contributed by atoms with Gasteiger partial charge in [0.25, 0.3) is 0 Å². The zero-order valence-corrected chi connectivity index (χ0v) is 13.8. The average Bonchev–Trinajstić information content (AvgIpc) is 2.56. The van der Waals surface area contributed by atoms with Crippen LogP contribution >= 0.6 is 0 Å². The van der Waals surface area contributed by atoms with Crippen LogP contribution in [0.4, 0.5) is 15.8 Å². The SMILES string of the molecule is Cc1ccccc1N1CCN(CC(=O)Nc2cccc(F)c2)CC1. The molecule has 0 bridgehead atoms. The zero-order chi connectivity index (χ0) is 16.9.